The Hall–Kier alpha value is -1.92. The fraction of sp³-hybridized carbons (Fsp3) is 0.600. The maximum Gasteiger partial charge on any atom is 0.335 e. The number of carboxylic acids is 1. The Kier molecular flexibility index (Phi) is 6.63. The predicted molar refractivity (Wildman–Crippen MR) is 96.3 cm³/mol. The molecule has 0 bridgehead atoms. The minimum absolute atomic E-state index is 0.0432. The van der Waals surface area contributed by atoms with E-state index in [0.29, 0.717) is 19.7 Å². The molecule has 1 atom stereocenters. The first-order valence-electron chi connectivity index (χ1n) is 9.45. The van der Waals surface area contributed by atoms with E-state index in [0.717, 1.165) is 37.9 Å². The highest BCUT2D eigenvalue weighted by Crippen LogP contribution is 2.18. The fourth-order valence-electron chi connectivity index (χ4n) is 3.55. The highest BCUT2D eigenvalue weighted by Gasteiger charge is 2.24. The van der Waals surface area contributed by atoms with Gasteiger partial charge in [0.25, 0.3) is 0 Å². The summed E-state index contributed by atoms with van der Waals surface area (Å²) in [6.07, 6.45) is 5.78. The number of rotatable bonds is 6. The van der Waals surface area contributed by atoms with Gasteiger partial charge in [0.05, 0.1) is 30.8 Å². The van der Waals surface area contributed by atoms with Crippen LogP contribution in [0.5, 0.6) is 0 Å². The van der Waals surface area contributed by atoms with Crippen LogP contribution in [0.15, 0.2) is 24.3 Å². The molecule has 3 rings (SSSR count). The highest BCUT2D eigenvalue weighted by atomic mass is 16.5. The number of ether oxygens (including phenoxy) is 2. The lowest BCUT2D eigenvalue weighted by atomic mass is 10.0. The maximum atomic E-state index is 12.5. The highest BCUT2D eigenvalue weighted by molar-refractivity contribution is 5.88. The zero-order valence-electron chi connectivity index (χ0n) is 15.1. The molecule has 0 radical (unpaired) electrons. The van der Waals surface area contributed by atoms with Gasteiger partial charge in [0.1, 0.15) is 0 Å². The lowest BCUT2D eigenvalue weighted by Crippen LogP contribution is -2.42. The van der Waals surface area contributed by atoms with E-state index in [1.54, 1.807) is 18.2 Å². The van der Waals surface area contributed by atoms with E-state index < -0.39 is 5.97 Å². The first kappa shape index (κ1) is 18.9. The Morgan fingerprint density at radius 2 is 2.00 bits per heavy atom. The minimum atomic E-state index is -0.973. The van der Waals surface area contributed by atoms with Crippen LogP contribution in [0.1, 0.15) is 48.0 Å². The first-order chi connectivity index (χ1) is 12.6. The largest absolute Gasteiger partial charge is 0.478 e. The van der Waals surface area contributed by atoms with Crippen LogP contribution in [0.25, 0.3) is 0 Å². The van der Waals surface area contributed by atoms with E-state index >= 15 is 0 Å². The van der Waals surface area contributed by atoms with Crippen molar-refractivity contribution >= 4 is 11.9 Å². The second kappa shape index (κ2) is 9.14. The van der Waals surface area contributed by atoms with E-state index in [2.05, 4.69) is 0 Å². The van der Waals surface area contributed by atoms with E-state index in [1.165, 1.54) is 12.5 Å². The number of aromatic carboxylic acids is 1. The van der Waals surface area contributed by atoms with Crippen LogP contribution < -0.4 is 0 Å². The Labute approximate surface area is 154 Å². The van der Waals surface area contributed by atoms with E-state index in [4.69, 9.17) is 14.6 Å². The molecule has 0 saturated carbocycles. The van der Waals surface area contributed by atoms with Crippen molar-refractivity contribution in [2.75, 3.05) is 26.3 Å². The SMILES string of the molecule is O=C(O)c1cccc(CC(=O)N2CCC(OCC3CCCCO3)CC2)c1. The predicted octanol–water partition coefficient (Wildman–Crippen LogP) is 2.50. The zero-order valence-corrected chi connectivity index (χ0v) is 15.1. The number of carbonyl (C=O) groups excluding carboxylic acids is 1. The van der Waals surface area contributed by atoms with Gasteiger partial charge in [0.15, 0.2) is 0 Å². The number of hydrogen-bond donors (Lipinski definition) is 1. The smallest absolute Gasteiger partial charge is 0.335 e. The summed E-state index contributed by atoms with van der Waals surface area (Å²) in [4.78, 5) is 25.4. The van der Waals surface area contributed by atoms with Crippen LogP contribution in [-0.2, 0) is 20.7 Å². The summed E-state index contributed by atoms with van der Waals surface area (Å²) in [5, 5.41) is 9.05. The van der Waals surface area contributed by atoms with Crippen molar-refractivity contribution in [3.63, 3.8) is 0 Å². The molecule has 1 aromatic carbocycles. The Morgan fingerprint density at radius 1 is 1.19 bits per heavy atom. The molecule has 0 aromatic heterocycles. The molecule has 142 valence electrons. The summed E-state index contributed by atoms with van der Waals surface area (Å²) in [5.74, 6) is -0.930. The van der Waals surface area contributed by atoms with E-state index in [-0.39, 0.29) is 30.1 Å². The molecule has 2 saturated heterocycles. The molecule has 1 unspecified atom stereocenters. The quantitative estimate of drug-likeness (QED) is 0.842. The van der Waals surface area contributed by atoms with Crippen molar-refractivity contribution < 1.29 is 24.2 Å². The molecule has 1 aromatic rings. The van der Waals surface area contributed by atoms with Crippen LogP contribution in [0.3, 0.4) is 0 Å². The van der Waals surface area contributed by atoms with Gasteiger partial charge in [0, 0.05) is 19.7 Å². The van der Waals surface area contributed by atoms with Gasteiger partial charge in [-0.3, -0.25) is 4.79 Å². The average Bonchev–Trinajstić information content (AvgIpc) is 2.68. The normalized spacial score (nSPS) is 21.5. The van der Waals surface area contributed by atoms with Gasteiger partial charge >= 0.3 is 5.97 Å². The summed E-state index contributed by atoms with van der Waals surface area (Å²) >= 11 is 0. The Morgan fingerprint density at radius 3 is 2.69 bits per heavy atom. The van der Waals surface area contributed by atoms with Crippen LogP contribution in [0.4, 0.5) is 0 Å². The summed E-state index contributed by atoms with van der Waals surface area (Å²) < 4.78 is 11.7. The van der Waals surface area contributed by atoms with Crippen molar-refractivity contribution in [1.29, 1.82) is 0 Å². The third-order valence-electron chi connectivity index (χ3n) is 5.12. The molecule has 6 heteroatoms. The first-order valence-corrected chi connectivity index (χ1v) is 9.45. The molecular formula is C20H27NO5. The molecule has 0 spiro atoms. The zero-order chi connectivity index (χ0) is 18.4. The van der Waals surface area contributed by atoms with Gasteiger partial charge in [0.2, 0.25) is 5.91 Å². The van der Waals surface area contributed by atoms with Crippen molar-refractivity contribution in [1.82, 2.24) is 4.90 Å². The summed E-state index contributed by atoms with van der Waals surface area (Å²) in [5.41, 5.74) is 0.954. The Bertz CT molecular complexity index is 618. The number of carboxylic acid groups (broad SMARTS) is 1. The third kappa shape index (κ3) is 5.29. The van der Waals surface area contributed by atoms with E-state index in [1.807, 2.05) is 4.90 Å². The number of carbonyl (C=O) groups is 2. The fourth-order valence-corrected chi connectivity index (χ4v) is 3.55. The summed E-state index contributed by atoms with van der Waals surface area (Å²) in [6, 6.07) is 6.58. The van der Waals surface area contributed by atoms with Crippen molar-refractivity contribution in [2.24, 2.45) is 0 Å². The minimum Gasteiger partial charge on any atom is -0.478 e. The number of amides is 1. The molecule has 1 N–H and O–H groups in total. The number of hydrogen-bond acceptors (Lipinski definition) is 4. The van der Waals surface area contributed by atoms with Crippen LogP contribution in [-0.4, -0.2) is 60.4 Å². The van der Waals surface area contributed by atoms with E-state index in [9.17, 15) is 9.59 Å². The van der Waals surface area contributed by atoms with Crippen LogP contribution in [0.2, 0.25) is 0 Å². The lowest BCUT2D eigenvalue weighted by molar-refractivity contribution is -0.134. The number of likely N-dealkylation sites (tertiary alicyclic amines) is 1. The third-order valence-corrected chi connectivity index (χ3v) is 5.12. The summed E-state index contributed by atoms with van der Waals surface area (Å²) in [6.45, 7) is 2.87. The van der Waals surface area contributed by atoms with Gasteiger partial charge in [-0.1, -0.05) is 12.1 Å². The maximum absolute atomic E-state index is 12.5. The van der Waals surface area contributed by atoms with Crippen molar-refractivity contribution in [2.45, 2.75) is 50.7 Å². The lowest BCUT2D eigenvalue weighted by Gasteiger charge is -2.33. The van der Waals surface area contributed by atoms with Crippen molar-refractivity contribution in [3.8, 4) is 0 Å². The number of nitrogens with zero attached hydrogens (tertiary/aromatic N) is 1. The van der Waals surface area contributed by atoms with Crippen LogP contribution >= 0.6 is 0 Å². The standard InChI is InChI=1S/C20H27NO5/c22-19(13-15-4-3-5-16(12-15)20(23)24)21-9-7-17(8-10-21)26-14-18-6-1-2-11-25-18/h3-5,12,17-18H,1-2,6-11,13-14H2,(H,23,24). The molecule has 2 aliphatic heterocycles. The number of benzene rings is 1. The van der Waals surface area contributed by atoms with Gasteiger partial charge in [-0.15, -0.1) is 0 Å². The Balaban J connectivity index is 1.41. The average molecular weight is 361 g/mol. The molecule has 0 aliphatic carbocycles. The molecule has 6 nitrogen and oxygen atoms in total. The van der Waals surface area contributed by atoms with Gasteiger partial charge in [-0.2, -0.15) is 0 Å². The monoisotopic (exact) mass is 361 g/mol. The molecule has 2 aliphatic rings. The van der Waals surface area contributed by atoms with Gasteiger partial charge in [-0.05, 0) is 49.8 Å². The van der Waals surface area contributed by atoms with Crippen molar-refractivity contribution in [3.05, 3.63) is 35.4 Å². The second-order valence-electron chi connectivity index (χ2n) is 7.08. The van der Waals surface area contributed by atoms with Gasteiger partial charge in [-0.25, -0.2) is 4.79 Å². The molecule has 26 heavy (non-hydrogen) atoms. The summed E-state index contributed by atoms with van der Waals surface area (Å²) in [7, 11) is 0. The van der Waals surface area contributed by atoms with Crippen LogP contribution in [0, 0.1) is 0 Å². The second-order valence-corrected chi connectivity index (χ2v) is 7.08. The molecular weight excluding hydrogens is 334 g/mol. The molecule has 2 fully saturated rings. The molecule has 1 amide bonds. The number of piperidine rings is 1. The van der Waals surface area contributed by atoms with Gasteiger partial charge < -0.3 is 19.5 Å². The topological polar surface area (TPSA) is 76.1 Å². The molecule has 2 heterocycles.